The quantitative estimate of drug-likeness (QED) is 0.532. The van der Waals surface area contributed by atoms with Crippen LogP contribution in [0.3, 0.4) is 0 Å². The Labute approximate surface area is 111 Å². The van der Waals surface area contributed by atoms with Crippen molar-refractivity contribution in [2.75, 3.05) is 46.3 Å². The lowest BCUT2D eigenvalue weighted by Gasteiger charge is -2.42. The fourth-order valence-electron chi connectivity index (χ4n) is 2.59. The molecule has 1 fully saturated rings. The Morgan fingerprint density at radius 1 is 1.22 bits per heavy atom. The summed E-state index contributed by atoms with van der Waals surface area (Å²) >= 11 is 0. The van der Waals surface area contributed by atoms with Crippen LogP contribution in [-0.2, 0) is 4.79 Å². The van der Waals surface area contributed by atoms with E-state index < -0.39 is 5.97 Å². The van der Waals surface area contributed by atoms with Gasteiger partial charge in [-0.05, 0) is 25.8 Å². The molecule has 0 unspecified atom stereocenters. The molecule has 18 heavy (non-hydrogen) atoms. The lowest BCUT2D eigenvalue weighted by molar-refractivity contribution is -0.913. The molecule has 4 heteroatoms. The molecule has 0 aliphatic carbocycles. The highest BCUT2D eigenvalue weighted by atomic mass is 16.4. The minimum absolute atomic E-state index is 0.322. The van der Waals surface area contributed by atoms with Gasteiger partial charge in [0, 0.05) is 19.5 Å². The Kier molecular flexibility index (Phi) is 6.65. The summed E-state index contributed by atoms with van der Waals surface area (Å²) < 4.78 is 1.13. The van der Waals surface area contributed by atoms with Crippen molar-refractivity contribution in [2.24, 2.45) is 0 Å². The van der Waals surface area contributed by atoms with Crippen LogP contribution >= 0.6 is 0 Å². The molecule has 0 spiro atoms. The molecule has 0 atom stereocenters. The second-order valence-electron chi connectivity index (χ2n) is 5.84. The van der Waals surface area contributed by atoms with E-state index in [4.69, 9.17) is 5.11 Å². The summed E-state index contributed by atoms with van der Waals surface area (Å²) in [7, 11) is 2.32. The number of aliphatic carboxylic acids is 1. The van der Waals surface area contributed by atoms with Gasteiger partial charge in [-0.25, -0.2) is 0 Å². The zero-order valence-electron chi connectivity index (χ0n) is 12.0. The topological polar surface area (TPSA) is 40.5 Å². The van der Waals surface area contributed by atoms with E-state index in [1.165, 1.54) is 45.6 Å². The number of nitrogens with zero attached hydrogens (tertiary/aromatic N) is 2. The number of carboxylic acid groups (broad SMARTS) is 1. The van der Waals surface area contributed by atoms with E-state index in [0.29, 0.717) is 6.42 Å². The van der Waals surface area contributed by atoms with Crippen molar-refractivity contribution >= 4 is 5.97 Å². The fraction of sp³-hybridized carbons (Fsp3) is 0.929. The monoisotopic (exact) mass is 257 g/mol. The van der Waals surface area contributed by atoms with Crippen LogP contribution in [0.15, 0.2) is 0 Å². The van der Waals surface area contributed by atoms with Crippen LogP contribution in [0, 0.1) is 0 Å². The van der Waals surface area contributed by atoms with Gasteiger partial charge < -0.3 is 9.59 Å². The molecule has 0 aromatic carbocycles. The molecular weight excluding hydrogens is 228 g/mol. The lowest BCUT2D eigenvalue weighted by atomic mass is 10.2. The summed E-state index contributed by atoms with van der Waals surface area (Å²) in [5.74, 6) is -0.665. The van der Waals surface area contributed by atoms with E-state index in [0.717, 1.165) is 23.9 Å². The molecule has 0 amide bonds. The van der Waals surface area contributed by atoms with Crippen LogP contribution < -0.4 is 0 Å². The van der Waals surface area contributed by atoms with Gasteiger partial charge in [0.25, 0.3) is 0 Å². The molecule has 1 aliphatic heterocycles. The van der Waals surface area contributed by atoms with Crippen molar-refractivity contribution in [3.05, 3.63) is 0 Å². The van der Waals surface area contributed by atoms with E-state index in [2.05, 4.69) is 18.9 Å². The van der Waals surface area contributed by atoms with E-state index in [1.54, 1.807) is 0 Å². The molecule has 1 heterocycles. The first-order chi connectivity index (χ1) is 8.56. The molecule has 1 saturated heterocycles. The highest BCUT2D eigenvalue weighted by Gasteiger charge is 2.27. The first kappa shape index (κ1) is 15.4. The summed E-state index contributed by atoms with van der Waals surface area (Å²) in [5.41, 5.74) is 0. The normalized spacial score (nSPS) is 19.9. The minimum atomic E-state index is -0.665. The van der Waals surface area contributed by atoms with E-state index in [1.807, 2.05) is 0 Å². The van der Waals surface area contributed by atoms with Gasteiger partial charge in [0.2, 0.25) is 0 Å². The maximum atomic E-state index is 10.5. The van der Waals surface area contributed by atoms with Crippen LogP contribution in [0.5, 0.6) is 0 Å². The molecule has 106 valence electrons. The van der Waals surface area contributed by atoms with Crippen molar-refractivity contribution in [3.8, 4) is 0 Å². The smallest absolute Gasteiger partial charge is 0.303 e. The second-order valence-corrected chi connectivity index (χ2v) is 5.84. The van der Waals surface area contributed by atoms with Crippen molar-refractivity contribution in [1.29, 1.82) is 0 Å². The molecule has 1 aliphatic rings. The summed E-state index contributed by atoms with van der Waals surface area (Å²) in [6, 6.07) is 0. The maximum absolute atomic E-state index is 10.5. The number of piperazine rings is 1. The molecule has 4 nitrogen and oxygen atoms in total. The van der Waals surface area contributed by atoms with Crippen LogP contribution in [0.25, 0.3) is 0 Å². The number of likely N-dealkylation sites (N-methyl/N-ethyl adjacent to an activating group) is 1. The number of hydrogen-bond acceptors (Lipinski definition) is 2. The Balaban J connectivity index is 2.16. The average Bonchev–Trinajstić information content (AvgIpc) is 2.34. The summed E-state index contributed by atoms with van der Waals surface area (Å²) in [6.07, 6.45) is 4.77. The van der Waals surface area contributed by atoms with Crippen molar-refractivity contribution in [3.63, 3.8) is 0 Å². The van der Waals surface area contributed by atoms with E-state index >= 15 is 0 Å². The number of carboxylic acids is 1. The number of unbranched alkanes of at least 4 members (excludes halogenated alkanes) is 2. The summed E-state index contributed by atoms with van der Waals surface area (Å²) in [5, 5.41) is 8.62. The predicted octanol–water partition coefficient (Wildman–Crippen LogP) is 1.80. The average molecular weight is 257 g/mol. The number of quaternary nitrogens is 1. The van der Waals surface area contributed by atoms with Crippen molar-refractivity contribution in [1.82, 2.24) is 4.90 Å². The van der Waals surface area contributed by atoms with Gasteiger partial charge in [-0.3, -0.25) is 9.69 Å². The highest BCUT2D eigenvalue weighted by Crippen LogP contribution is 2.13. The Morgan fingerprint density at radius 2 is 1.89 bits per heavy atom. The molecule has 1 rings (SSSR count). The fourth-order valence-corrected chi connectivity index (χ4v) is 2.59. The van der Waals surface area contributed by atoms with Crippen LogP contribution in [0.2, 0.25) is 0 Å². The molecule has 1 N–H and O–H groups in total. The third kappa shape index (κ3) is 5.83. The molecule has 0 saturated carbocycles. The molecular formula is C14H29N2O2+. The second kappa shape index (κ2) is 7.74. The van der Waals surface area contributed by atoms with Crippen molar-refractivity contribution in [2.45, 2.75) is 39.0 Å². The lowest BCUT2D eigenvalue weighted by Crippen LogP contribution is -2.57. The van der Waals surface area contributed by atoms with Gasteiger partial charge in [-0.15, -0.1) is 0 Å². The molecule has 0 aromatic heterocycles. The molecule has 0 bridgehead atoms. The Hall–Kier alpha value is -0.610. The first-order valence-corrected chi connectivity index (χ1v) is 7.33. The number of hydrogen-bond donors (Lipinski definition) is 1. The van der Waals surface area contributed by atoms with Crippen molar-refractivity contribution < 1.29 is 14.4 Å². The van der Waals surface area contributed by atoms with Gasteiger partial charge >= 0.3 is 5.97 Å². The Morgan fingerprint density at radius 3 is 2.44 bits per heavy atom. The van der Waals surface area contributed by atoms with Gasteiger partial charge in [0.1, 0.15) is 0 Å². The van der Waals surface area contributed by atoms with E-state index in [-0.39, 0.29) is 0 Å². The van der Waals surface area contributed by atoms with Crippen LogP contribution in [-0.4, -0.2) is 66.8 Å². The largest absolute Gasteiger partial charge is 0.481 e. The van der Waals surface area contributed by atoms with Gasteiger partial charge in [0.05, 0.1) is 26.7 Å². The first-order valence-electron chi connectivity index (χ1n) is 7.33. The maximum Gasteiger partial charge on any atom is 0.303 e. The predicted molar refractivity (Wildman–Crippen MR) is 73.6 cm³/mol. The summed E-state index contributed by atoms with van der Waals surface area (Å²) in [4.78, 5) is 13.0. The van der Waals surface area contributed by atoms with Crippen LogP contribution in [0.1, 0.15) is 39.0 Å². The minimum Gasteiger partial charge on any atom is -0.481 e. The van der Waals surface area contributed by atoms with Gasteiger partial charge in [-0.1, -0.05) is 13.3 Å². The SMILES string of the molecule is CCCCN1CC[N+](C)(CCCCC(=O)O)CC1. The summed E-state index contributed by atoms with van der Waals surface area (Å²) in [6.45, 7) is 9.47. The van der Waals surface area contributed by atoms with Gasteiger partial charge in [-0.2, -0.15) is 0 Å². The third-order valence-electron chi connectivity index (χ3n) is 4.08. The number of carbonyl (C=O) groups is 1. The van der Waals surface area contributed by atoms with E-state index in [9.17, 15) is 4.79 Å². The zero-order valence-corrected chi connectivity index (χ0v) is 12.0. The Bertz CT molecular complexity index is 248. The third-order valence-corrected chi connectivity index (χ3v) is 4.08. The zero-order chi connectivity index (χ0) is 13.4. The van der Waals surface area contributed by atoms with Crippen LogP contribution in [0.4, 0.5) is 0 Å². The number of rotatable bonds is 8. The van der Waals surface area contributed by atoms with Gasteiger partial charge in [0.15, 0.2) is 0 Å². The standard InChI is InChI=1S/C14H28N2O2/c1-3-4-8-15-9-12-16(2,13-10-15)11-6-5-7-14(17)18/h3-13H2,1-2H3/p+1. The molecule has 0 radical (unpaired) electrons. The molecule has 0 aromatic rings. The highest BCUT2D eigenvalue weighted by molar-refractivity contribution is 5.66.